The van der Waals surface area contributed by atoms with Crippen molar-refractivity contribution in [2.24, 2.45) is 0 Å². The second kappa shape index (κ2) is 9.10. The van der Waals surface area contributed by atoms with E-state index in [-0.39, 0.29) is 17.6 Å². The van der Waals surface area contributed by atoms with E-state index in [0.29, 0.717) is 17.9 Å². The number of hydrogen-bond acceptors (Lipinski definition) is 4. The minimum absolute atomic E-state index is 0.195. The number of nitrogens with one attached hydrogen (secondary N) is 1. The lowest BCUT2D eigenvalue weighted by atomic mass is 10.0. The van der Waals surface area contributed by atoms with Crippen LogP contribution in [0.2, 0.25) is 5.02 Å². The number of ether oxygens (including phenoxy) is 1. The number of amides is 1. The van der Waals surface area contributed by atoms with Gasteiger partial charge in [0.25, 0.3) is 0 Å². The third-order valence-electron chi connectivity index (χ3n) is 4.06. The molecule has 0 aromatic heterocycles. The van der Waals surface area contributed by atoms with Crippen molar-refractivity contribution in [1.29, 1.82) is 0 Å². The van der Waals surface area contributed by atoms with Crippen molar-refractivity contribution in [3.63, 3.8) is 0 Å². The summed E-state index contributed by atoms with van der Waals surface area (Å²) in [7, 11) is -2.21. The lowest BCUT2D eigenvalue weighted by Gasteiger charge is -2.24. The van der Waals surface area contributed by atoms with Gasteiger partial charge in [0.2, 0.25) is 15.9 Å². The standard InChI is InChI=1S/C19H23ClN2O4S/c1-4-17(14-8-6-5-7-9-14)21-19(23)13-22(27(3,24)25)15-10-11-18(26-2)16(20)12-15/h5-12,17H,4,13H2,1-3H3,(H,21,23)/t17-/m1/s1. The van der Waals surface area contributed by atoms with Gasteiger partial charge in [-0.25, -0.2) is 8.42 Å². The molecule has 0 fully saturated rings. The zero-order valence-electron chi connectivity index (χ0n) is 15.5. The Kier molecular flexibility index (Phi) is 7.10. The van der Waals surface area contributed by atoms with E-state index in [0.717, 1.165) is 16.1 Å². The molecule has 0 aliphatic rings. The smallest absolute Gasteiger partial charge is 0.241 e. The molecule has 1 atom stereocenters. The van der Waals surface area contributed by atoms with Crippen LogP contribution in [0.5, 0.6) is 5.75 Å². The van der Waals surface area contributed by atoms with Crippen LogP contribution in [-0.4, -0.2) is 34.2 Å². The predicted octanol–water partition coefficient (Wildman–Crippen LogP) is 3.38. The fourth-order valence-corrected chi connectivity index (χ4v) is 3.79. The van der Waals surface area contributed by atoms with E-state index >= 15 is 0 Å². The fraction of sp³-hybridized carbons (Fsp3) is 0.316. The number of anilines is 1. The molecule has 2 aromatic carbocycles. The van der Waals surface area contributed by atoms with Gasteiger partial charge in [0, 0.05) is 0 Å². The molecule has 0 spiro atoms. The summed E-state index contributed by atoms with van der Waals surface area (Å²) in [5, 5.41) is 3.15. The number of halogens is 1. The second-order valence-corrected chi connectivity index (χ2v) is 8.34. The van der Waals surface area contributed by atoms with E-state index in [1.165, 1.54) is 13.2 Å². The highest BCUT2D eigenvalue weighted by atomic mass is 35.5. The number of carbonyl (C=O) groups is 1. The SMILES string of the molecule is CC[C@@H](NC(=O)CN(c1ccc(OC)c(Cl)c1)S(C)(=O)=O)c1ccccc1. The first kappa shape index (κ1) is 21.1. The van der Waals surface area contributed by atoms with Crippen LogP contribution >= 0.6 is 11.6 Å². The Labute approximate surface area is 165 Å². The third kappa shape index (κ3) is 5.61. The van der Waals surface area contributed by atoms with Gasteiger partial charge < -0.3 is 10.1 Å². The van der Waals surface area contributed by atoms with Crippen LogP contribution in [0.3, 0.4) is 0 Å². The van der Waals surface area contributed by atoms with E-state index in [1.807, 2.05) is 37.3 Å². The van der Waals surface area contributed by atoms with Gasteiger partial charge in [-0.3, -0.25) is 9.10 Å². The molecule has 27 heavy (non-hydrogen) atoms. The largest absolute Gasteiger partial charge is 0.495 e. The van der Waals surface area contributed by atoms with Crippen molar-refractivity contribution in [2.45, 2.75) is 19.4 Å². The highest BCUT2D eigenvalue weighted by Gasteiger charge is 2.23. The molecular weight excluding hydrogens is 388 g/mol. The number of rotatable bonds is 8. The van der Waals surface area contributed by atoms with Crippen LogP contribution in [0.4, 0.5) is 5.69 Å². The maximum atomic E-state index is 12.5. The molecule has 0 bridgehead atoms. The van der Waals surface area contributed by atoms with Crippen molar-refractivity contribution in [3.05, 3.63) is 59.1 Å². The number of carbonyl (C=O) groups excluding carboxylic acids is 1. The molecule has 1 N–H and O–H groups in total. The summed E-state index contributed by atoms with van der Waals surface area (Å²) in [5.41, 5.74) is 1.26. The van der Waals surface area contributed by atoms with Crippen molar-refractivity contribution >= 4 is 33.2 Å². The third-order valence-corrected chi connectivity index (χ3v) is 5.49. The predicted molar refractivity (Wildman–Crippen MR) is 108 cm³/mol. The number of methoxy groups -OCH3 is 1. The van der Waals surface area contributed by atoms with Gasteiger partial charge in [0.05, 0.1) is 30.1 Å². The van der Waals surface area contributed by atoms with Crippen LogP contribution in [0.15, 0.2) is 48.5 Å². The maximum Gasteiger partial charge on any atom is 0.241 e. The Hall–Kier alpha value is -2.25. The summed E-state index contributed by atoms with van der Waals surface area (Å²) in [4.78, 5) is 12.5. The molecule has 2 aromatic rings. The Morgan fingerprint density at radius 2 is 1.89 bits per heavy atom. The molecule has 6 nitrogen and oxygen atoms in total. The quantitative estimate of drug-likeness (QED) is 0.723. The topological polar surface area (TPSA) is 75.7 Å². The van der Waals surface area contributed by atoms with Crippen LogP contribution < -0.4 is 14.4 Å². The van der Waals surface area contributed by atoms with Crippen molar-refractivity contribution < 1.29 is 17.9 Å². The van der Waals surface area contributed by atoms with E-state index in [1.54, 1.807) is 12.1 Å². The molecule has 0 saturated carbocycles. The van der Waals surface area contributed by atoms with E-state index in [9.17, 15) is 13.2 Å². The molecule has 0 heterocycles. The summed E-state index contributed by atoms with van der Waals surface area (Å²) in [6, 6.07) is 13.9. The number of benzene rings is 2. The highest BCUT2D eigenvalue weighted by molar-refractivity contribution is 7.92. The van der Waals surface area contributed by atoms with Gasteiger partial charge in [-0.05, 0) is 30.2 Å². The lowest BCUT2D eigenvalue weighted by Crippen LogP contribution is -2.41. The van der Waals surface area contributed by atoms with Gasteiger partial charge in [0.15, 0.2) is 0 Å². The molecule has 1 amide bonds. The first-order valence-electron chi connectivity index (χ1n) is 8.41. The van der Waals surface area contributed by atoms with Gasteiger partial charge in [-0.1, -0.05) is 48.9 Å². The average Bonchev–Trinajstić information content (AvgIpc) is 2.64. The minimum atomic E-state index is -3.68. The minimum Gasteiger partial charge on any atom is -0.495 e. The summed E-state index contributed by atoms with van der Waals surface area (Å²) < 4.78 is 30.6. The molecule has 0 unspecified atom stereocenters. The first-order valence-corrected chi connectivity index (χ1v) is 10.6. The highest BCUT2D eigenvalue weighted by Crippen LogP contribution is 2.30. The van der Waals surface area contributed by atoms with Crippen LogP contribution in [0.25, 0.3) is 0 Å². The van der Waals surface area contributed by atoms with Crippen LogP contribution in [-0.2, 0) is 14.8 Å². The van der Waals surface area contributed by atoms with Crippen LogP contribution in [0, 0.1) is 0 Å². The fourth-order valence-electron chi connectivity index (χ4n) is 2.69. The van der Waals surface area contributed by atoms with Gasteiger partial charge >= 0.3 is 0 Å². The zero-order valence-corrected chi connectivity index (χ0v) is 17.0. The number of nitrogens with zero attached hydrogens (tertiary/aromatic N) is 1. The molecule has 0 saturated heterocycles. The Morgan fingerprint density at radius 3 is 2.41 bits per heavy atom. The number of sulfonamides is 1. The van der Waals surface area contributed by atoms with Crippen molar-refractivity contribution in [1.82, 2.24) is 5.32 Å². The van der Waals surface area contributed by atoms with E-state index in [2.05, 4.69) is 5.32 Å². The zero-order chi connectivity index (χ0) is 20.0. The molecule has 0 aliphatic carbocycles. The molecule has 2 rings (SSSR count). The van der Waals surface area contributed by atoms with Crippen molar-refractivity contribution in [3.8, 4) is 5.75 Å². The molecule has 0 radical (unpaired) electrons. The lowest BCUT2D eigenvalue weighted by molar-refractivity contribution is -0.120. The van der Waals surface area contributed by atoms with E-state index < -0.39 is 15.9 Å². The summed E-state index contributed by atoms with van der Waals surface area (Å²) in [6.07, 6.45) is 1.73. The van der Waals surface area contributed by atoms with Crippen LogP contribution in [0.1, 0.15) is 24.9 Å². The molecule has 146 valence electrons. The summed E-state index contributed by atoms with van der Waals surface area (Å²) in [5.74, 6) is 0.0245. The summed E-state index contributed by atoms with van der Waals surface area (Å²) in [6.45, 7) is 1.61. The first-order chi connectivity index (χ1) is 12.8. The monoisotopic (exact) mass is 410 g/mol. The van der Waals surface area contributed by atoms with Crippen molar-refractivity contribution in [2.75, 3.05) is 24.2 Å². The number of hydrogen-bond donors (Lipinski definition) is 1. The van der Waals surface area contributed by atoms with Gasteiger partial charge in [-0.2, -0.15) is 0 Å². The molecule has 8 heteroatoms. The van der Waals surface area contributed by atoms with E-state index in [4.69, 9.17) is 16.3 Å². The average molecular weight is 411 g/mol. The van der Waals surface area contributed by atoms with Gasteiger partial charge in [0.1, 0.15) is 12.3 Å². The molecule has 0 aliphatic heterocycles. The Bertz CT molecular complexity index is 888. The Morgan fingerprint density at radius 1 is 1.22 bits per heavy atom. The maximum absolute atomic E-state index is 12.5. The Balaban J connectivity index is 2.21. The second-order valence-electron chi connectivity index (χ2n) is 6.03. The molecular formula is C19H23ClN2O4S. The van der Waals surface area contributed by atoms with Gasteiger partial charge in [-0.15, -0.1) is 0 Å². The normalized spacial score (nSPS) is 12.3. The summed E-state index contributed by atoms with van der Waals surface area (Å²) >= 11 is 6.10.